The van der Waals surface area contributed by atoms with Crippen LogP contribution in [0.25, 0.3) is 0 Å². The number of hydrogen-bond acceptors (Lipinski definition) is 8. The van der Waals surface area contributed by atoms with Crippen molar-refractivity contribution in [1.29, 1.82) is 0 Å². The van der Waals surface area contributed by atoms with Crippen LogP contribution >= 0.6 is 12.2 Å². The summed E-state index contributed by atoms with van der Waals surface area (Å²) in [6.45, 7) is 3.27. The fourth-order valence-corrected chi connectivity index (χ4v) is 3.75. The average molecular weight is 470 g/mol. The van der Waals surface area contributed by atoms with Crippen molar-refractivity contribution in [3.05, 3.63) is 91.2 Å². The summed E-state index contributed by atoms with van der Waals surface area (Å²) >= 11 is 5.38. The maximum Gasteiger partial charge on any atom is 0.338 e. The molecule has 33 heavy (non-hydrogen) atoms. The van der Waals surface area contributed by atoms with Crippen molar-refractivity contribution >= 4 is 40.6 Å². The van der Waals surface area contributed by atoms with E-state index in [4.69, 9.17) is 17.0 Å². The summed E-state index contributed by atoms with van der Waals surface area (Å²) in [5, 5.41) is 25.0. The van der Waals surface area contributed by atoms with E-state index in [1.54, 1.807) is 13.8 Å². The van der Waals surface area contributed by atoms with Gasteiger partial charge in [0, 0.05) is 35.5 Å². The Morgan fingerprint density at radius 2 is 1.73 bits per heavy atom. The number of carbonyl (C=O) groups excluding carboxylic acids is 2. The van der Waals surface area contributed by atoms with Crippen LogP contribution in [0.5, 0.6) is 0 Å². The summed E-state index contributed by atoms with van der Waals surface area (Å²) in [6, 6.07) is 9.26. The maximum atomic E-state index is 13.4. The lowest BCUT2D eigenvalue weighted by Gasteiger charge is -2.38. The van der Waals surface area contributed by atoms with Gasteiger partial charge in [0.1, 0.15) is 0 Å². The molecule has 0 fully saturated rings. The van der Waals surface area contributed by atoms with Gasteiger partial charge in [-0.25, -0.2) is 4.79 Å². The fraction of sp³-hybridized carbons (Fsp3) is 0.190. The predicted octanol–water partition coefficient (Wildman–Crippen LogP) is 3.41. The summed E-state index contributed by atoms with van der Waals surface area (Å²) in [4.78, 5) is 48.5. The second-order valence-corrected chi connectivity index (χ2v) is 7.31. The highest BCUT2D eigenvalue weighted by atomic mass is 32.1. The van der Waals surface area contributed by atoms with Crippen molar-refractivity contribution in [2.45, 2.75) is 19.9 Å². The Bertz CT molecular complexity index is 1190. The Morgan fingerprint density at radius 3 is 2.30 bits per heavy atom. The Morgan fingerprint density at radius 1 is 1.09 bits per heavy atom. The van der Waals surface area contributed by atoms with Crippen LogP contribution in [-0.4, -0.2) is 38.3 Å². The molecule has 1 amide bonds. The molecule has 1 aliphatic rings. The first-order valence-electron chi connectivity index (χ1n) is 9.67. The summed E-state index contributed by atoms with van der Waals surface area (Å²) in [5.74, 6) is -1.38. The number of esters is 1. The third-order valence-corrected chi connectivity index (χ3v) is 5.18. The SMILES string of the molecule is CCOC(=O)C1=C(C)NC(=S)N(C(=O)c2ccc([N+](=O)[O-])cc2)C1c1cccc([N+](=O)[O-])c1. The van der Waals surface area contributed by atoms with Gasteiger partial charge in [-0.05, 0) is 43.8 Å². The standard InChI is InChI=1S/C21H18N4O7S/c1-3-32-20(27)17-12(2)22-21(33)23(18(17)14-5-4-6-16(11-14)25(30)31)19(26)13-7-9-15(10-8-13)24(28)29/h4-11,18H,3H2,1-2H3,(H,22,33). The number of thiocarbonyl (C=S) groups is 1. The lowest BCUT2D eigenvalue weighted by Crippen LogP contribution is -2.51. The van der Waals surface area contributed by atoms with E-state index in [1.165, 1.54) is 48.5 Å². The van der Waals surface area contributed by atoms with Crippen LogP contribution in [0.4, 0.5) is 11.4 Å². The molecule has 170 valence electrons. The number of rotatable bonds is 6. The highest BCUT2D eigenvalue weighted by Crippen LogP contribution is 2.36. The van der Waals surface area contributed by atoms with Gasteiger partial charge >= 0.3 is 5.97 Å². The fourth-order valence-electron chi connectivity index (χ4n) is 3.41. The van der Waals surface area contributed by atoms with E-state index in [0.29, 0.717) is 5.70 Å². The van der Waals surface area contributed by atoms with Gasteiger partial charge in [-0.3, -0.25) is 29.9 Å². The molecule has 1 unspecified atom stereocenters. The van der Waals surface area contributed by atoms with Gasteiger partial charge in [0.25, 0.3) is 17.3 Å². The van der Waals surface area contributed by atoms with Crippen molar-refractivity contribution in [3.63, 3.8) is 0 Å². The van der Waals surface area contributed by atoms with Crippen molar-refractivity contribution < 1.29 is 24.2 Å². The Labute approximate surface area is 192 Å². The van der Waals surface area contributed by atoms with E-state index < -0.39 is 27.8 Å². The highest BCUT2D eigenvalue weighted by molar-refractivity contribution is 7.80. The first kappa shape index (κ1) is 23.5. The van der Waals surface area contributed by atoms with Crippen LogP contribution in [-0.2, 0) is 9.53 Å². The van der Waals surface area contributed by atoms with Crippen molar-refractivity contribution in [1.82, 2.24) is 10.2 Å². The monoisotopic (exact) mass is 470 g/mol. The van der Waals surface area contributed by atoms with Gasteiger partial charge in [0.2, 0.25) is 0 Å². The number of benzene rings is 2. The summed E-state index contributed by atoms with van der Waals surface area (Å²) in [5.41, 5.74) is 0.294. The molecule has 0 radical (unpaired) electrons. The normalized spacial score (nSPS) is 15.6. The molecule has 2 aromatic carbocycles. The molecule has 1 aliphatic heterocycles. The third kappa shape index (κ3) is 4.70. The largest absolute Gasteiger partial charge is 0.463 e. The number of nitrogens with zero attached hydrogens (tertiary/aromatic N) is 3. The van der Waals surface area contributed by atoms with Crippen LogP contribution in [0.2, 0.25) is 0 Å². The molecule has 12 heteroatoms. The number of ether oxygens (including phenoxy) is 1. The van der Waals surface area contributed by atoms with Crippen molar-refractivity contribution in [2.24, 2.45) is 0 Å². The second-order valence-electron chi connectivity index (χ2n) is 6.92. The molecule has 0 aromatic heterocycles. The predicted molar refractivity (Wildman–Crippen MR) is 120 cm³/mol. The molecule has 0 aliphatic carbocycles. The number of amides is 1. The lowest BCUT2D eigenvalue weighted by atomic mass is 9.93. The van der Waals surface area contributed by atoms with Gasteiger partial charge in [-0.1, -0.05) is 12.1 Å². The number of nitro benzene ring substituents is 2. The molecular weight excluding hydrogens is 452 g/mol. The van der Waals surface area contributed by atoms with E-state index in [2.05, 4.69) is 5.32 Å². The smallest absolute Gasteiger partial charge is 0.338 e. The number of nitro groups is 2. The number of carbonyl (C=O) groups is 2. The highest BCUT2D eigenvalue weighted by Gasteiger charge is 2.41. The Balaban J connectivity index is 2.17. The molecule has 1 heterocycles. The summed E-state index contributed by atoms with van der Waals surface area (Å²) in [7, 11) is 0. The van der Waals surface area contributed by atoms with Crippen LogP contribution in [0.15, 0.2) is 59.8 Å². The van der Waals surface area contributed by atoms with Gasteiger partial charge in [0.05, 0.1) is 28.1 Å². The Kier molecular flexibility index (Phi) is 6.78. The Hall–Kier alpha value is -4.19. The molecule has 0 bridgehead atoms. The van der Waals surface area contributed by atoms with E-state index in [0.717, 1.165) is 4.90 Å². The molecular formula is C21H18N4O7S. The zero-order valence-electron chi connectivity index (χ0n) is 17.5. The van der Waals surface area contributed by atoms with Crippen molar-refractivity contribution in [3.8, 4) is 0 Å². The van der Waals surface area contributed by atoms with Crippen molar-refractivity contribution in [2.75, 3.05) is 6.61 Å². The second kappa shape index (κ2) is 9.53. The average Bonchev–Trinajstić information content (AvgIpc) is 2.78. The number of non-ortho nitro benzene ring substituents is 2. The quantitative estimate of drug-likeness (QED) is 0.290. The minimum Gasteiger partial charge on any atom is -0.463 e. The minimum absolute atomic E-state index is 0.0413. The molecule has 0 spiro atoms. The van der Waals surface area contributed by atoms with Crippen LogP contribution in [0.3, 0.4) is 0 Å². The van der Waals surface area contributed by atoms with E-state index >= 15 is 0 Å². The summed E-state index contributed by atoms with van der Waals surface area (Å²) < 4.78 is 5.17. The van der Waals surface area contributed by atoms with Crippen LogP contribution in [0.1, 0.15) is 35.8 Å². The topological polar surface area (TPSA) is 145 Å². The molecule has 1 N–H and O–H groups in total. The minimum atomic E-state index is -1.12. The van der Waals surface area contributed by atoms with E-state index in [-0.39, 0.29) is 39.8 Å². The van der Waals surface area contributed by atoms with Crippen LogP contribution < -0.4 is 5.32 Å². The van der Waals surface area contributed by atoms with E-state index in [1.807, 2.05) is 0 Å². The number of nitrogens with one attached hydrogen (secondary N) is 1. The molecule has 0 saturated heterocycles. The maximum absolute atomic E-state index is 13.4. The zero-order chi connectivity index (χ0) is 24.3. The lowest BCUT2D eigenvalue weighted by molar-refractivity contribution is -0.385. The van der Waals surface area contributed by atoms with Gasteiger partial charge in [-0.15, -0.1) is 0 Å². The molecule has 3 rings (SSSR count). The molecule has 11 nitrogen and oxygen atoms in total. The van der Waals surface area contributed by atoms with Crippen LogP contribution in [0, 0.1) is 20.2 Å². The molecule has 0 saturated carbocycles. The number of allylic oxidation sites excluding steroid dienone is 1. The molecule has 1 atom stereocenters. The van der Waals surface area contributed by atoms with Gasteiger partial charge in [-0.2, -0.15) is 0 Å². The van der Waals surface area contributed by atoms with Gasteiger partial charge in [0.15, 0.2) is 5.11 Å². The first-order chi connectivity index (χ1) is 15.6. The number of hydrogen-bond donors (Lipinski definition) is 1. The zero-order valence-corrected chi connectivity index (χ0v) is 18.3. The third-order valence-electron chi connectivity index (χ3n) is 4.88. The molecule has 2 aromatic rings. The van der Waals surface area contributed by atoms with E-state index in [9.17, 15) is 29.8 Å². The van der Waals surface area contributed by atoms with Gasteiger partial charge < -0.3 is 10.1 Å². The first-order valence-corrected chi connectivity index (χ1v) is 10.1. The summed E-state index contributed by atoms with van der Waals surface area (Å²) in [6.07, 6.45) is 0.